The first-order chi connectivity index (χ1) is 9.49. The molecule has 1 aromatic rings. The Kier molecular flexibility index (Phi) is 4.02. The number of nitro groups is 1. The zero-order chi connectivity index (χ0) is 14.7. The molecular weight excluding hydrogens is 262 g/mol. The van der Waals surface area contributed by atoms with Crippen LogP contribution in [0.25, 0.3) is 0 Å². The van der Waals surface area contributed by atoms with Gasteiger partial charge < -0.3 is 16.0 Å². The fraction of sp³-hybridized carbons (Fsp3) is 0.500. The normalized spacial score (nSPS) is 15.3. The summed E-state index contributed by atoms with van der Waals surface area (Å²) >= 11 is 0. The van der Waals surface area contributed by atoms with E-state index in [-0.39, 0.29) is 17.6 Å². The minimum absolute atomic E-state index is 0.0818. The van der Waals surface area contributed by atoms with Crippen LogP contribution in [0.4, 0.5) is 17.3 Å². The van der Waals surface area contributed by atoms with Gasteiger partial charge in [-0.1, -0.05) is 0 Å². The van der Waals surface area contributed by atoms with E-state index >= 15 is 0 Å². The van der Waals surface area contributed by atoms with Gasteiger partial charge in [0.1, 0.15) is 17.7 Å². The fourth-order valence-corrected chi connectivity index (χ4v) is 1.66. The Labute approximate surface area is 116 Å². The maximum Gasteiger partial charge on any atom is 0.276 e. The van der Waals surface area contributed by atoms with E-state index in [1.807, 2.05) is 0 Å². The summed E-state index contributed by atoms with van der Waals surface area (Å²) in [5, 5.41) is 19.3. The number of carbonyl (C=O) groups is 1. The smallest absolute Gasteiger partial charge is 0.276 e. The summed E-state index contributed by atoms with van der Waals surface area (Å²) in [6.45, 7) is 1.69. The molecule has 1 saturated carbocycles. The van der Waals surface area contributed by atoms with E-state index in [9.17, 15) is 14.9 Å². The molecule has 1 amide bonds. The second-order valence-electron chi connectivity index (χ2n) is 4.75. The van der Waals surface area contributed by atoms with E-state index in [2.05, 4.69) is 20.9 Å². The SMILES string of the molecule is CNc1cc([N+](=O)[O-])cc(NC(C)C(=O)NC2CC2)n1. The number of amides is 1. The first-order valence-corrected chi connectivity index (χ1v) is 6.40. The van der Waals surface area contributed by atoms with Gasteiger partial charge in [0, 0.05) is 13.1 Å². The van der Waals surface area contributed by atoms with Crippen LogP contribution in [0.5, 0.6) is 0 Å². The lowest BCUT2D eigenvalue weighted by Crippen LogP contribution is -2.38. The Morgan fingerprint density at radius 2 is 2.10 bits per heavy atom. The first kappa shape index (κ1) is 14.0. The van der Waals surface area contributed by atoms with Crippen molar-refractivity contribution >= 4 is 23.2 Å². The summed E-state index contributed by atoms with van der Waals surface area (Å²) in [6.07, 6.45) is 2.02. The second-order valence-corrected chi connectivity index (χ2v) is 4.75. The number of hydrogen-bond acceptors (Lipinski definition) is 6. The average Bonchev–Trinajstić information content (AvgIpc) is 3.22. The lowest BCUT2D eigenvalue weighted by atomic mass is 10.3. The summed E-state index contributed by atoms with van der Waals surface area (Å²) in [4.78, 5) is 26.3. The molecule has 0 bridgehead atoms. The summed E-state index contributed by atoms with van der Waals surface area (Å²) < 4.78 is 0. The fourth-order valence-electron chi connectivity index (χ4n) is 1.66. The molecule has 0 aromatic carbocycles. The molecule has 108 valence electrons. The molecule has 2 rings (SSSR count). The number of pyridine rings is 1. The van der Waals surface area contributed by atoms with Crippen molar-refractivity contribution in [3.8, 4) is 0 Å². The molecule has 0 spiro atoms. The van der Waals surface area contributed by atoms with Crippen LogP contribution in [-0.2, 0) is 4.79 Å². The Morgan fingerprint density at radius 3 is 2.65 bits per heavy atom. The summed E-state index contributed by atoms with van der Waals surface area (Å²) in [7, 11) is 1.62. The van der Waals surface area contributed by atoms with Crippen LogP contribution in [0.1, 0.15) is 19.8 Å². The average molecular weight is 279 g/mol. The number of nitrogens with one attached hydrogen (secondary N) is 3. The van der Waals surface area contributed by atoms with E-state index in [0.717, 1.165) is 12.8 Å². The Balaban J connectivity index is 2.08. The molecule has 1 heterocycles. The van der Waals surface area contributed by atoms with Crippen LogP contribution >= 0.6 is 0 Å². The Morgan fingerprint density at radius 1 is 1.45 bits per heavy atom. The highest BCUT2D eigenvalue weighted by molar-refractivity contribution is 5.84. The molecule has 1 unspecified atom stereocenters. The van der Waals surface area contributed by atoms with Gasteiger partial charge in [-0.05, 0) is 19.8 Å². The largest absolute Gasteiger partial charge is 0.373 e. The molecule has 1 aliphatic rings. The molecule has 1 fully saturated rings. The first-order valence-electron chi connectivity index (χ1n) is 6.40. The minimum atomic E-state index is -0.505. The van der Waals surface area contributed by atoms with Crippen molar-refractivity contribution in [2.75, 3.05) is 17.7 Å². The lowest BCUT2D eigenvalue weighted by Gasteiger charge is -2.14. The van der Waals surface area contributed by atoms with Crippen molar-refractivity contribution < 1.29 is 9.72 Å². The van der Waals surface area contributed by atoms with Crippen LogP contribution in [-0.4, -0.2) is 34.9 Å². The van der Waals surface area contributed by atoms with E-state index in [1.54, 1.807) is 14.0 Å². The molecule has 20 heavy (non-hydrogen) atoms. The number of rotatable bonds is 6. The molecule has 3 N–H and O–H groups in total. The van der Waals surface area contributed by atoms with Gasteiger partial charge in [-0.25, -0.2) is 4.98 Å². The maximum absolute atomic E-state index is 11.8. The van der Waals surface area contributed by atoms with E-state index in [1.165, 1.54) is 12.1 Å². The zero-order valence-electron chi connectivity index (χ0n) is 11.3. The second kappa shape index (κ2) is 5.72. The van der Waals surface area contributed by atoms with Gasteiger partial charge in [0.2, 0.25) is 5.91 Å². The van der Waals surface area contributed by atoms with Crippen molar-refractivity contribution in [2.45, 2.75) is 31.8 Å². The van der Waals surface area contributed by atoms with Crippen molar-refractivity contribution in [3.05, 3.63) is 22.2 Å². The summed E-state index contributed by atoms with van der Waals surface area (Å²) in [5.74, 6) is 0.533. The molecule has 1 aliphatic carbocycles. The number of carbonyl (C=O) groups excluding carboxylic acids is 1. The van der Waals surface area contributed by atoms with Gasteiger partial charge >= 0.3 is 0 Å². The van der Waals surface area contributed by atoms with Crippen LogP contribution in [0.2, 0.25) is 0 Å². The molecule has 0 radical (unpaired) electrons. The zero-order valence-corrected chi connectivity index (χ0v) is 11.3. The van der Waals surface area contributed by atoms with E-state index in [4.69, 9.17) is 0 Å². The highest BCUT2D eigenvalue weighted by atomic mass is 16.6. The van der Waals surface area contributed by atoms with E-state index in [0.29, 0.717) is 11.6 Å². The predicted molar refractivity (Wildman–Crippen MR) is 74.7 cm³/mol. The molecule has 8 nitrogen and oxygen atoms in total. The number of nitrogens with zero attached hydrogens (tertiary/aromatic N) is 2. The van der Waals surface area contributed by atoms with Crippen LogP contribution in [0.3, 0.4) is 0 Å². The molecule has 8 heteroatoms. The standard InChI is InChI=1S/C12H17N5O3/c1-7(12(18)15-8-3-4-8)14-11-6-9(17(19)20)5-10(13-2)16-11/h5-8H,3-4H2,1-2H3,(H,15,18)(H2,13,14,16). The molecule has 1 aromatic heterocycles. The van der Waals surface area contributed by atoms with Gasteiger partial charge in [0.05, 0.1) is 17.1 Å². The summed E-state index contributed by atoms with van der Waals surface area (Å²) in [5.41, 5.74) is -0.0818. The third-order valence-corrected chi connectivity index (χ3v) is 2.96. The van der Waals surface area contributed by atoms with Crippen molar-refractivity contribution in [1.82, 2.24) is 10.3 Å². The quantitative estimate of drug-likeness (QED) is 0.531. The van der Waals surface area contributed by atoms with Crippen molar-refractivity contribution in [3.63, 3.8) is 0 Å². The number of aromatic nitrogens is 1. The van der Waals surface area contributed by atoms with Gasteiger partial charge in [0.15, 0.2) is 0 Å². The minimum Gasteiger partial charge on any atom is -0.373 e. The van der Waals surface area contributed by atoms with Gasteiger partial charge in [0.25, 0.3) is 5.69 Å². The van der Waals surface area contributed by atoms with Gasteiger partial charge in [-0.2, -0.15) is 0 Å². The van der Waals surface area contributed by atoms with Crippen molar-refractivity contribution in [2.24, 2.45) is 0 Å². The number of anilines is 2. The molecular formula is C12H17N5O3. The van der Waals surface area contributed by atoms with Crippen LogP contribution in [0.15, 0.2) is 12.1 Å². The Bertz CT molecular complexity index is 530. The molecule has 0 saturated heterocycles. The monoisotopic (exact) mass is 279 g/mol. The van der Waals surface area contributed by atoms with Crippen LogP contribution in [0, 0.1) is 10.1 Å². The van der Waals surface area contributed by atoms with E-state index < -0.39 is 11.0 Å². The highest BCUT2D eigenvalue weighted by Gasteiger charge is 2.26. The number of hydrogen-bond donors (Lipinski definition) is 3. The predicted octanol–water partition coefficient (Wildman–Crippen LogP) is 1.11. The summed E-state index contributed by atoms with van der Waals surface area (Å²) in [6, 6.07) is 2.41. The third-order valence-electron chi connectivity index (χ3n) is 2.96. The maximum atomic E-state index is 11.8. The molecule has 0 aliphatic heterocycles. The van der Waals surface area contributed by atoms with Gasteiger partial charge in [-0.3, -0.25) is 14.9 Å². The third kappa shape index (κ3) is 3.56. The van der Waals surface area contributed by atoms with Gasteiger partial charge in [-0.15, -0.1) is 0 Å². The van der Waals surface area contributed by atoms with Crippen LogP contribution < -0.4 is 16.0 Å². The lowest BCUT2D eigenvalue weighted by molar-refractivity contribution is -0.384. The Hall–Kier alpha value is -2.38. The highest BCUT2D eigenvalue weighted by Crippen LogP contribution is 2.21. The molecule has 1 atom stereocenters. The topological polar surface area (TPSA) is 109 Å². The van der Waals surface area contributed by atoms with Crippen molar-refractivity contribution in [1.29, 1.82) is 0 Å².